The molecule has 1 aliphatic carbocycles. The van der Waals surface area contributed by atoms with Crippen molar-refractivity contribution in [3.05, 3.63) is 29.8 Å². The van der Waals surface area contributed by atoms with Crippen molar-refractivity contribution in [2.75, 3.05) is 12.4 Å². The summed E-state index contributed by atoms with van der Waals surface area (Å²) in [6.45, 7) is 7.51. The van der Waals surface area contributed by atoms with Crippen LogP contribution >= 0.6 is 12.6 Å². The molecule has 0 aliphatic heterocycles. The van der Waals surface area contributed by atoms with E-state index in [0.717, 1.165) is 18.1 Å². The van der Waals surface area contributed by atoms with Crippen LogP contribution in [0.5, 0.6) is 5.75 Å². The zero-order valence-electron chi connectivity index (χ0n) is 12.4. The molecule has 0 bridgehead atoms. The molecule has 1 aromatic carbocycles. The second-order valence-corrected chi connectivity index (χ2v) is 7.22. The maximum absolute atomic E-state index is 6.19. The number of thiol groups is 1. The minimum atomic E-state index is 0.125. The summed E-state index contributed by atoms with van der Waals surface area (Å²) in [5, 5.41) is 0. The Kier molecular flexibility index (Phi) is 4.50. The maximum Gasteiger partial charge on any atom is 0.123 e. The summed E-state index contributed by atoms with van der Waals surface area (Å²) in [5.41, 5.74) is 1.72. The minimum Gasteiger partial charge on any atom is -0.493 e. The molecule has 2 rings (SSSR count). The van der Waals surface area contributed by atoms with Gasteiger partial charge in [-0.25, -0.2) is 0 Å². The highest BCUT2D eigenvalue weighted by Crippen LogP contribution is 2.40. The van der Waals surface area contributed by atoms with Crippen molar-refractivity contribution < 1.29 is 4.74 Å². The Hall–Kier alpha value is -0.630. The first-order valence-corrected chi connectivity index (χ1v) is 7.93. The molecule has 0 heterocycles. The highest BCUT2D eigenvalue weighted by molar-refractivity contribution is 7.80. The molecule has 2 heteroatoms. The van der Waals surface area contributed by atoms with E-state index < -0.39 is 0 Å². The molecule has 0 unspecified atom stereocenters. The lowest BCUT2D eigenvalue weighted by molar-refractivity contribution is 0.170. The fraction of sp³-hybridized carbons (Fsp3) is 0.647. The Morgan fingerprint density at radius 1 is 1.16 bits per heavy atom. The van der Waals surface area contributed by atoms with E-state index in [1.165, 1.54) is 31.2 Å². The van der Waals surface area contributed by atoms with Crippen molar-refractivity contribution in [3.63, 3.8) is 0 Å². The fourth-order valence-electron chi connectivity index (χ4n) is 2.92. The van der Waals surface area contributed by atoms with Gasteiger partial charge in [0.1, 0.15) is 5.75 Å². The summed E-state index contributed by atoms with van der Waals surface area (Å²) >= 11 is 4.55. The Bertz CT molecular complexity index is 414. The van der Waals surface area contributed by atoms with Gasteiger partial charge >= 0.3 is 0 Å². The highest BCUT2D eigenvalue weighted by atomic mass is 32.1. The summed E-state index contributed by atoms with van der Waals surface area (Å²) in [4.78, 5) is 0. The maximum atomic E-state index is 6.19. The standard InChI is InChI=1S/C17H26OS/c1-16(2,3)14-8-4-5-9-15(14)18-12-17(13-19)10-6-7-11-17/h4-5,8-9,19H,6-7,10-13H2,1-3H3. The molecule has 19 heavy (non-hydrogen) atoms. The van der Waals surface area contributed by atoms with E-state index in [0.29, 0.717) is 5.41 Å². The second-order valence-electron chi connectivity index (χ2n) is 6.90. The zero-order chi connectivity index (χ0) is 13.9. The van der Waals surface area contributed by atoms with Crippen LogP contribution in [-0.4, -0.2) is 12.4 Å². The van der Waals surface area contributed by atoms with Gasteiger partial charge in [-0.1, -0.05) is 51.8 Å². The molecule has 106 valence electrons. The van der Waals surface area contributed by atoms with Crippen LogP contribution in [0.3, 0.4) is 0 Å². The van der Waals surface area contributed by atoms with Gasteiger partial charge in [-0.3, -0.25) is 0 Å². The summed E-state index contributed by atoms with van der Waals surface area (Å²) in [6, 6.07) is 8.43. The quantitative estimate of drug-likeness (QED) is 0.774. The molecular weight excluding hydrogens is 252 g/mol. The first-order chi connectivity index (χ1) is 8.97. The molecule has 1 aromatic rings. The van der Waals surface area contributed by atoms with Crippen molar-refractivity contribution in [1.29, 1.82) is 0 Å². The smallest absolute Gasteiger partial charge is 0.123 e. The Balaban J connectivity index is 2.11. The third-order valence-corrected chi connectivity index (χ3v) is 4.90. The Morgan fingerprint density at radius 2 is 1.79 bits per heavy atom. The fourth-order valence-corrected chi connectivity index (χ4v) is 3.32. The van der Waals surface area contributed by atoms with Crippen LogP contribution in [0.2, 0.25) is 0 Å². The van der Waals surface area contributed by atoms with Gasteiger partial charge in [0, 0.05) is 5.41 Å². The average Bonchev–Trinajstić information content (AvgIpc) is 2.85. The Morgan fingerprint density at radius 3 is 2.37 bits per heavy atom. The number of ether oxygens (including phenoxy) is 1. The van der Waals surface area contributed by atoms with E-state index in [-0.39, 0.29) is 5.41 Å². The summed E-state index contributed by atoms with van der Waals surface area (Å²) in [7, 11) is 0. The number of rotatable bonds is 4. The number of hydrogen-bond donors (Lipinski definition) is 1. The lowest BCUT2D eigenvalue weighted by Gasteiger charge is -2.29. The topological polar surface area (TPSA) is 9.23 Å². The molecule has 1 fully saturated rings. The minimum absolute atomic E-state index is 0.125. The molecule has 0 amide bonds. The van der Waals surface area contributed by atoms with Crippen molar-refractivity contribution in [1.82, 2.24) is 0 Å². The monoisotopic (exact) mass is 278 g/mol. The normalized spacial score (nSPS) is 18.5. The number of para-hydroxylation sites is 1. The second kappa shape index (κ2) is 5.78. The van der Waals surface area contributed by atoms with Gasteiger partial charge in [-0.2, -0.15) is 12.6 Å². The van der Waals surface area contributed by atoms with Gasteiger partial charge in [0.25, 0.3) is 0 Å². The van der Waals surface area contributed by atoms with Gasteiger partial charge < -0.3 is 4.74 Å². The van der Waals surface area contributed by atoms with Gasteiger partial charge in [-0.15, -0.1) is 0 Å². The third-order valence-electron chi connectivity index (χ3n) is 4.23. The largest absolute Gasteiger partial charge is 0.493 e. The first kappa shape index (κ1) is 14.8. The summed E-state index contributed by atoms with van der Waals surface area (Å²) in [6.07, 6.45) is 5.16. The highest BCUT2D eigenvalue weighted by Gasteiger charge is 2.33. The van der Waals surface area contributed by atoms with Gasteiger partial charge in [-0.05, 0) is 35.6 Å². The predicted octanol–water partition coefficient (Wildman–Crippen LogP) is 4.85. The van der Waals surface area contributed by atoms with E-state index >= 15 is 0 Å². The summed E-state index contributed by atoms with van der Waals surface area (Å²) < 4.78 is 6.19. The van der Waals surface area contributed by atoms with E-state index in [4.69, 9.17) is 4.74 Å². The average molecular weight is 278 g/mol. The van der Waals surface area contributed by atoms with Crippen LogP contribution in [-0.2, 0) is 5.41 Å². The molecule has 0 N–H and O–H groups in total. The van der Waals surface area contributed by atoms with Crippen LogP contribution < -0.4 is 4.74 Å². The lowest BCUT2D eigenvalue weighted by atomic mass is 9.86. The van der Waals surface area contributed by atoms with Crippen molar-refractivity contribution in [3.8, 4) is 5.75 Å². The SMILES string of the molecule is CC(C)(C)c1ccccc1OCC1(CS)CCCC1. The molecule has 0 radical (unpaired) electrons. The number of benzene rings is 1. The molecule has 0 saturated heterocycles. The van der Waals surface area contributed by atoms with Crippen LogP contribution in [0.1, 0.15) is 52.0 Å². The Labute approximate surface area is 123 Å². The van der Waals surface area contributed by atoms with Crippen molar-refractivity contribution in [2.24, 2.45) is 5.41 Å². The molecule has 1 aliphatic rings. The van der Waals surface area contributed by atoms with E-state index in [9.17, 15) is 0 Å². The van der Waals surface area contributed by atoms with Crippen LogP contribution in [0.15, 0.2) is 24.3 Å². The van der Waals surface area contributed by atoms with Crippen LogP contribution in [0.25, 0.3) is 0 Å². The molecule has 1 saturated carbocycles. The van der Waals surface area contributed by atoms with E-state index in [1.54, 1.807) is 0 Å². The molecule has 0 spiro atoms. The van der Waals surface area contributed by atoms with E-state index in [2.05, 4.69) is 57.7 Å². The lowest BCUT2D eigenvalue weighted by Crippen LogP contribution is -2.28. The van der Waals surface area contributed by atoms with Gasteiger partial charge in [0.15, 0.2) is 0 Å². The zero-order valence-corrected chi connectivity index (χ0v) is 13.3. The molecule has 1 nitrogen and oxygen atoms in total. The van der Waals surface area contributed by atoms with E-state index in [1.807, 2.05) is 0 Å². The van der Waals surface area contributed by atoms with Crippen molar-refractivity contribution in [2.45, 2.75) is 51.9 Å². The van der Waals surface area contributed by atoms with Crippen molar-refractivity contribution >= 4 is 12.6 Å². The molecule has 0 aromatic heterocycles. The van der Waals surface area contributed by atoms with Gasteiger partial charge in [0.2, 0.25) is 0 Å². The molecule has 0 atom stereocenters. The predicted molar refractivity (Wildman–Crippen MR) is 85.4 cm³/mol. The summed E-state index contributed by atoms with van der Waals surface area (Å²) in [5.74, 6) is 1.98. The van der Waals surface area contributed by atoms with Crippen LogP contribution in [0, 0.1) is 5.41 Å². The number of hydrogen-bond acceptors (Lipinski definition) is 2. The molecular formula is C17H26OS. The van der Waals surface area contributed by atoms with Crippen LogP contribution in [0.4, 0.5) is 0 Å². The first-order valence-electron chi connectivity index (χ1n) is 7.30. The van der Waals surface area contributed by atoms with Gasteiger partial charge in [0.05, 0.1) is 6.61 Å². The third kappa shape index (κ3) is 3.47.